The maximum atomic E-state index is 2.66. The molecule has 0 aromatic carbocycles. The maximum absolute atomic E-state index is 2.66. The van der Waals surface area contributed by atoms with Gasteiger partial charge in [0.2, 0.25) is 0 Å². The SMILES string of the molecule is CCC1CCCN(C(C)CC)C1. The highest BCUT2D eigenvalue weighted by atomic mass is 15.2. The minimum atomic E-state index is 0.805. The smallest absolute Gasteiger partial charge is 0.00644 e. The summed E-state index contributed by atoms with van der Waals surface area (Å²) in [6.45, 7) is 9.67. The van der Waals surface area contributed by atoms with Crippen molar-refractivity contribution < 1.29 is 0 Å². The van der Waals surface area contributed by atoms with Crippen LogP contribution in [0.3, 0.4) is 0 Å². The topological polar surface area (TPSA) is 3.24 Å². The van der Waals surface area contributed by atoms with Crippen molar-refractivity contribution in [2.75, 3.05) is 13.1 Å². The zero-order valence-corrected chi connectivity index (χ0v) is 8.84. The Morgan fingerprint density at radius 3 is 2.75 bits per heavy atom. The molecule has 0 aromatic rings. The summed E-state index contributed by atoms with van der Waals surface area (Å²) in [7, 11) is 0. The quantitative estimate of drug-likeness (QED) is 0.628. The molecule has 2 unspecified atom stereocenters. The molecule has 1 heterocycles. The fourth-order valence-corrected chi connectivity index (χ4v) is 2.09. The molecule has 0 aliphatic carbocycles. The third kappa shape index (κ3) is 2.48. The van der Waals surface area contributed by atoms with E-state index in [1.807, 2.05) is 0 Å². The molecule has 1 saturated heterocycles. The van der Waals surface area contributed by atoms with Gasteiger partial charge in [-0.05, 0) is 38.6 Å². The molecule has 72 valence electrons. The zero-order valence-electron chi connectivity index (χ0n) is 8.84. The number of piperidine rings is 1. The Morgan fingerprint density at radius 1 is 1.42 bits per heavy atom. The second-order valence-corrected chi connectivity index (χ2v) is 4.17. The van der Waals surface area contributed by atoms with Gasteiger partial charge in [-0.2, -0.15) is 0 Å². The first-order valence-electron chi connectivity index (χ1n) is 5.52. The number of hydrogen-bond acceptors (Lipinski definition) is 1. The predicted molar refractivity (Wildman–Crippen MR) is 54.3 cm³/mol. The summed E-state index contributed by atoms with van der Waals surface area (Å²) in [5.41, 5.74) is 0. The van der Waals surface area contributed by atoms with E-state index in [0.717, 1.165) is 12.0 Å². The number of rotatable bonds is 3. The van der Waals surface area contributed by atoms with Crippen LogP contribution in [0.4, 0.5) is 0 Å². The van der Waals surface area contributed by atoms with E-state index in [-0.39, 0.29) is 0 Å². The highest BCUT2D eigenvalue weighted by molar-refractivity contribution is 4.75. The summed E-state index contributed by atoms with van der Waals surface area (Å²) in [6, 6.07) is 0.805. The van der Waals surface area contributed by atoms with Gasteiger partial charge in [0.05, 0.1) is 0 Å². The molecule has 0 bridgehead atoms. The van der Waals surface area contributed by atoms with Crippen molar-refractivity contribution in [3.8, 4) is 0 Å². The molecule has 0 aromatic heterocycles. The third-order valence-electron chi connectivity index (χ3n) is 3.34. The van der Waals surface area contributed by atoms with Crippen molar-refractivity contribution in [1.29, 1.82) is 0 Å². The van der Waals surface area contributed by atoms with Gasteiger partial charge in [-0.3, -0.25) is 0 Å². The molecular formula is C11H23N. The van der Waals surface area contributed by atoms with Crippen molar-refractivity contribution in [3.05, 3.63) is 0 Å². The van der Waals surface area contributed by atoms with Crippen LogP contribution in [0.25, 0.3) is 0 Å². The zero-order chi connectivity index (χ0) is 8.97. The highest BCUT2D eigenvalue weighted by Crippen LogP contribution is 2.21. The Morgan fingerprint density at radius 2 is 2.17 bits per heavy atom. The van der Waals surface area contributed by atoms with Crippen LogP contribution in [0.1, 0.15) is 46.5 Å². The predicted octanol–water partition coefficient (Wildman–Crippen LogP) is 2.91. The molecule has 0 radical (unpaired) electrons. The van der Waals surface area contributed by atoms with Crippen molar-refractivity contribution in [3.63, 3.8) is 0 Å². The van der Waals surface area contributed by atoms with Gasteiger partial charge >= 0.3 is 0 Å². The normalized spacial score (nSPS) is 28.8. The summed E-state index contributed by atoms with van der Waals surface area (Å²) in [4.78, 5) is 2.66. The Kier molecular flexibility index (Phi) is 4.07. The molecule has 1 fully saturated rings. The van der Waals surface area contributed by atoms with Crippen LogP contribution in [-0.2, 0) is 0 Å². The second-order valence-electron chi connectivity index (χ2n) is 4.17. The van der Waals surface area contributed by atoms with Crippen molar-refractivity contribution in [2.45, 2.75) is 52.5 Å². The third-order valence-corrected chi connectivity index (χ3v) is 3.34. The van der Waals surface area contributed by atoms with Crippen LogP contribution in [-0.4, -0.2) is 24.0 Å². The summed E-state index contributed by atoms with van der Waals surface area (Å²) in [5.74, 6) is 0.979. The van der Waals surface area contributed by atoms with Crippen LogP contribution in [0.5, 0.6) is 0 Å². The van der Waals surface area contributed by atoms with Crippen molar-refractivity contribution in [1.82, 2.24) is 4.90 Å². The van der Waals surface area contributed by atoms with E-state index in [2.05, 4.69) is 25.7 Å². The van der Waals surface area contributed by atoms with Gasteiger partial charge in [0, 0.05) is 12.6 Å². The van der Waals surface area contributed by atoms with Gasteiger partial charge in [-0.25, -0.2) is 0 Å². The van der Waals surface area contributed by atoms with Gasteiger partial charge < -0.3 is 4.90 Å². The lowest BCUT2D eigenvalue weighted by Gasteiger charge is -2.36. The molecule has 0 spiro atoms. The number of likely N-dealkylation sites (tertiary alicyclic amines) is 1. The molecule has 12 heavy (non-hydrogen) atoms. The summed E-state index contributed by atoms with van der Waals surface area (Å²) < 4.78 is 0. The average Bonchev–Trinajstić information content (AvgIpc) is 2.17. The van der Waals surface area contributed by atoms with Crippen molar-refractivity contribution in [2.24, 2.45) is 5.92 Å². The molecule has 1 rings (SSSR count). The van der Waals surface area contributed by atoms with Crippen molar-refractivity contribution >= 4 is 0 Å². The van der Waals surface area contributed by atoms with Crippen LogP contribution in [0, 0.1) is 5.92 Å². The standard InChI is InChI=1S/C11H23N/c1-4-10(3)12-8-6-7-11(5-2)9-12/h10-11H,4-9H2,1-3H3. The highest BCUT2D eigenvalue weighted by Gasteiger charge is 2.20. The first-order chi connectivity index (χ1) is 5.77. The van der Waals surface area contributed by atoms with E-state index in [9.17, 15) is 0 Å². The van der Waals surface area contributed by atoms with Gasteiger partial charge in [0.15, 0.2) is 0 Å². The minimum absolute atomic E-state index is 0.805. The molecule has 1 heteroatoms. The summed E-state index contributed by atoms with van der Waals surface area (Å²) in [5, 5.41) is 0. The van der Waals surface area contributed by atoms with Crippen LogP contribution in [0.2, 0.25) is 0 Å². The van der Waals surface area contributed by atoms with Gasteiger partial charge in [-0.15, -0.1) is 0 Å². The first kappa shape index (κ1) is 10.0. The van der Waals surface area contributed by atoms with Crippen LogP contribution < -0.4 is 0 Å². The van der Waals surface area contributed by atoms with Gasteiger partial charge in [0.1, 0.15) is 0 Å². The van der Waals surface area contributed by atoms with E-state index in [1.165, 1.54) is 38.8 Å². The van der Waals surface area contributed by atoms with Gasteiger partial charge in [0.25, 0.3) is 0 Å². The van der Waals surface area contributed by atoms with Crippen LogP contribution >= 0.6 is 0 Å². The Hall–Kier alpha value is -0.0400. The molecule has 1 aliphatic rings. The van der Waals surface area contributed by atoms with E-state index < -0.39 is 0 Å². The molecule has 0 saturated carbocycles. The largest absolute Gasteiger partial charge is 0.300 e. The lowest BCUT2D eigenvalue weighted by atomic mass is 9.94. The Bertz CT molecular complexity index is 120. The molecule has 1 aliphatic heterocycles. The molecule has 0 N–H and O–H groups in total. The summed E-state index contributed by atoms with van der Waals surface area (Å²) in [6.07, 6.45) is 5.55. The van der Waals surface area contributed by atoms with E-state index in [0.29, 0.717) is 0 Å². The van der Waals surface area contributed by atoms with E-state index >= 15 is 0 Å². The second kappa shape index (κ2) is 4.86. The lowest BCUT2D eigenvalue weighted by Crippen LogP contribution is -2.40. The average molecular weight is 169 g/mol. The molecule has 1 nitrogen and oxygen atoms in total. The maximum Gasteiger partial charge on any atom is 0.00644 e. The van der Waals surface area contributed by atoms with Crippen LogP contribution in [0.15, 0.2) is 0 Å². The molecule has 0 amide bonds. The fourth-order valence-electron chi connectivity index (χ4n) is 2.09. The van der Waals surface area contributed by atoms with Gasteiger partial charge in [-0.1, -0.05) is 20.3 Å². The van der Waals surface area contributed by atoms with E-state index in [1.54, 1.807) is 0 Å². The van der Waals surface area contributed by atoms with E-state index in [4.69, 9.17) is 0 Å². The number of hydrogen-bond donors (Lipinski definition) is 0. The monoisotopic (exact) mass is 169 g/mol. The number of nitrogens with zero attached hydrogens (tertiary/aromatic N) is 1. The minimum Gasteiger partial charge on any atom is -0.300 e. The fraction of sp³-hybridized carbons (Fsp3) is 1.00. The molecule has 2 atom stereocenters. The first-order valence-corrected chi connectivity index (χ1v) is 5.52. The Balaban J connectivity index is 2.34. The summed E-state index contributed by atoms with van der Waals surface area (Å²) >= 11 is 0. The lowest BCUT2D eigenvalue weighted by molar-refractivity contribution is 0.127. The molecular weight excluding hydrogens is 146 g/mol. The Labute approximate surface area is 77.1 Å².